The van der Waals surface area contributed by atoms with E-state index in [0.717, 1.165) is 0 Å². The van der Waals surface area contributed by atoms with Gasteiger partial charge in [0.1, 0.15) is 18.8 Å². The van der Waals surface area contributed by atoms with E-state index in [1.807, 2.05) is 0 Å². The van der Waals surface area contributed by atoms with Crippen LogP contribution < -0.4 is 0 Å². The first kappa shape index (κ1) is 17.4. The van der Waals surface area contributed by atoms with E-state index in [1.165, 1.54) is 0 Å². The summed E-state index contributed by atoms with van der Waals surface area (Å²) in [5, 5.41) is 3.21. The summed E-state index contributed by atoms with van der Waals surface area (Å²) in [6.45, 7) is 6.98. The predicted octanol–water partition coefficient (Wildman–Crippen LogP) is 1.24. The maximum absolute atomic E-state index is 11.9. The van der Waals surface area contributed by atoms with Crippen molar-refractivity contribution in [2.45, 2.75) is 70.0 Å². The highest BCUT2D eigenvalue weighted by atomic mass is 16.8. The number of carbonyl (C=O) groups is 1. The van der Waals surface area contributed by atoms with Gasteiger partial charge in [-0.25, -0.2) is 0 Å². The second-order valence-corrected chi connectivity index (χ2v) is 6.78. The first-order chi connectivity index (χ1) is 11.2. The van der Waals surface area contributed by atoms with E-state index in [9.17, 15) is 4.79 Å². The summed E-state index contributed by atoms with van der Waals surface area (Å²) in [5.74, 6) is -2.26. The van der Waals surface area contributed by atoms with Crippen molar-refractivity contribution in [1.82, 2.24) is 0 Å². The largest absolute Gasteiger partial charge is 0.456 e. The quantitative estimate of drug-likeness (QED) is 0.326. The molecule has 134 valence electrons. The molecule has 24 heavy (non-hydrogen) atoms. The molecule has 0 spiro atoms. The summed E-state index contributed by atoms with van der Waals surface area (Å²) in [7, 11) is 0. The Bertz CT molecular complexity index is 561. The molecule has 3 heterocycles. The van der Waals surface area contributed by atoms with E-state index < -0.39 is 54.8 Å². The summed E-state index contributed by atoms with van der Waals surface area (Å²) < 4.78 is 34.2. The third kappa shape index (κ3) is 3.49. The van der Waals surface area contributed by atoms with Gasteiger partial charge in [0.15, 0.2) is 30.1 Å². The number of ether oxygens (including phenoxy) is 6. The van der Waals surface area contributed by atoms with E-state index in [4.69, 9.17) is 34.0 Å². The SMILES string of the molecule is CC1(C)O[C@H]2O[C@H]([C@H]3COC(C)(C)O3)[C@H](OC(=O)CN=[N+]=[N-])[C@H]2O1. The molecule has 0 aliphatic carbocycles. The molecule has 0 amide bonds. The minimum absolute atomic E-state index is 0.297. The number of rotatable bonds is 4. The Kier molecular flexibility index (Phi) is 4.45. The monoisotopic (exact) mass is 343 g/mol. The van der Waals surface area contributed by atoms with Gasteiger partial charge < -0.3 is 28.4 Å². The van der Waals surface area contributed by atoms with Crippen LogP contribution in [0.15, 0.2) is 5.11 Å². The van der Waals surface area contributed by atoms with Crippen LogP contribution in [0.5, 0.6) is 0 Å². The molecule has 0 unspecified atom stereocenters. The Labute approximate surface area is 138 Å². The lowest BCUT2D eigenvalue weighted by Gasteiger charge is -2.28. The second-order valence-electron chi connectivity index (χ2n) is 6.78. The van der Waals surface area contributed by atoms with Gasteiger partial charge in [-0.15, -0.1) is 0 Å². The molecule has 0 aromatic heterocycles. The maximum Gasteiger partial charge on any atom is 0.312 e. The molecule has 3 aliphatic heterocycles. The second kappa shape index (κ2) is 6.14. The van der Waals surface area contributed by atoms with Crippen molar-refractivity contribution in [2.75, 3.05) is 13.2 Å². The maximum atomic E-state index is 11.9. The zero-order chi connectivity index (χ0) is 17.5. The molecule has 3 aliphatic rings. The van der Waals surface area contributed by atoms with Crippen molar-refractivity contribution < 1.29 is 33.2 Å². The lowest BCUT2D eigenvalue weighted by atomic mass is 10.1. The standard InChI is InChI=1S/C14H21N3O7/c1-13(2)19-6-7(22-13)9-10(20-8(18)5-16-17-15)11-12(21-9)24-14(3,4)23-11/h7,9-12H,5-6H2,1-4H3/t7-,9-,10+,11-,12-/m1/s1. The third-order valence-corrected chi connectivity index (χ3v) is 3.95. The van der Waals surface area contributed by atoms with E-state index >= 15 is 0 Å². The molecule has 0 bridgehead atoms. The van der Waals surface area contributed by atoms with Gasteiger partial charge in [0, 0.05) is 4.91 Å². The Morgan fingerprint density at radius 1 is 1.21 bits per heavy atom. The minimum atomic E-state index is -0.845. The van der Waals surface area contributed by atoms with Gasteiger partial charge in [0.25, 0.3) is 0 Å². The van der Waals surface area contributed by atoms with Gasteiger partial charge in [-0.3, -0.25) is 4.79 Å². The van der Waals surface area contributed by atoms with Crippen LogP contribution in [0.25, 0.3) is 10.4 Å². The number of carbonyl (C=O) groups excluding carboxylic acids is 1. The predicted molar refractivity (Wildman–Crippen MR) is 77.5 cm³/mol. The minimum Gasteiger partial charge on any atom is -0.456 e. The number of esters is 1. The highest BCUT2D eigenvalue weighted by Crippen LogP contribution is 2.41. The lowest BCUT2D eigenvalue weighted by molar-refractivity contribution is -0.235. The van der Waals surface area contributed by atoms with Gasteiger partial charge in [0.05, 0.1) is 6.61 Å². The molecule has 0 radical (unpaired) electrons. The average Bonchev–Trinajstić information content (AvgIpc) is 3.08. The molecule has 10 heteroatoms. The molecular formula is C14H21N3O7. The highest BCUT2D eigenvalue weighted by Gasteiger charge is 2.59. The summed E-state index contributed by atoms with van der Waals surface area (Å²) in [6, 6.07) is 0. The number of hydrogen-bond acceptors (Lipinski definition) is 8. The van der Waals surface area contributed by atoms with Gasteiger partial charge in [-0.1, -0.05) is 5.11 Å². The fourth-order valence-corrected chi connectivity index (χ4v) is 3.09. The first-order valence-electron chi connectivity index (χ1n) is 7.74. The van der Waals surface area contributed by atoms with Crippen molar-refractivity contribution in [2.24, 2.45) is 5.11 Å². The van der Waals surface area contributed by atoms with E-state index in [0.29, 0.717) is 6.61 Å². The molecule has 3 fully saturated rings. The Morgan fingerprint density at radius 3 is 2.58 bits per heavy atom. The van der Waals surface area contributed by atoms with Crippen LogP contribution in [0.2, 0.25) is 0 Å². The van der Waals surface area contributed by atoms with Crippen molar-refractivity contribution in [3.63, 3.8) is 0 Å². The van der Waals surface area contributed by atoms with Crippen LogP contribution in [0.3, 0.4) is 0 Å². The van der Waals surface area contributed by atoms with Crippen LogP contribution in [-0.2, 0) is 33.2 Å². The van der Waals surface area contributed by atoms with Crippen LogP contribution in [0.1, 0.15) is 27.7 Å². The molecule has 0 saturated carbocycles. The number of nitrogens with zero attached hydrogens (tertiary/aromatic N) is 3. The molecular weight excluding hydrogens is 322 g/mol. The molecule has 3 rings (SSSR count). The van der Waals surface area contributed by atoms with Gasteiger partial charge in [-0.2, -0.15) is 0 Å². The summed E-state index contributed by atoms with van der Waals surface area (Å²) in [5.41, 5.74) is 8.32. The number of hydrogen-bond donors (Lipinski definition) is 0. The normalized spacial score (nSPS) is 39.2. The number of fused-ring (bicyclic) bond motifs is 1. The van der Waals surface area contributed by atoms with Gasteiger partial charge in [0.2, 0.25) is 0 Å². The van der Waals surface area contributed by atoms with Crippen LogP contribution in [0.4, 0.5) is 0 Å². The zero-order valence-corrected chi connectivity index (χ0v) is 14.0. The molecule has 0 N–H and O–H groups in total. The molecule has 0 aromatic carbocycles. The zero-order valence-electron chi connectivity index (χ0n) is 14.0. The van der Waals surface area contributed by atoms with Crippen molar-refractivity contribution in [3.8, 4) is 0 Å². The molecule has 10 nitrogen and oxygen atoms in total. The van der Waals surface area contributed by atoms with Crippen LogP contribution >= 0.6 is 0 Å². The van der Waals surface area contributed by atoms with E-state index in [1.54, 1.807) is 27.7 Å². The Balaban J connectivity index is 1.75. The van der Waals surface area contributed by atoms with Gasteiger partial charge in [-0.05, 0) is 33.2 Å². The Hall–Kier alpha value is -1.42. The molecule has 5 atom stereocenters. The van der Waals surface area contributed by atoms with Crippen molar-refractivity contribution in [1.29, 1.82) is 0 Å². The lowest BCUT2D eigenvalue weighted by Crippen LogP contribution is -2.45. The van der Waals surface area contributed by atoms with Crippen molar-refractivity contribution >= 4 is 5.97 Å². The smallest absolute Gasteiger partial charge is 0.312 e. The third-order valence-electron chi connectivity index (χ3n) is 3.95. The Morgan fingerprint density at radius 2 is 1.96 bits per heavy atom. The highest BCUT2D eigenvalue weighted by molar-refractivity contribution is 5.72. The number of azide groups is 1. The summed E-state index contributed by atoms with van der Waals surface area (Å²) in [4.78, 5) is 14.4. The van der Waals surface area contributed by atoms with Gasteiger partial charge >= 0.3 is 5.97 Å². The van der Waals surface area contributed by atoms with Crippen molar-refractivity contribution in [3.05, 3.63) is 10.4 Å². The first-order valence-corrected chi connectivity index (χ1v) is 7.74. The summed E-state index contributed by atoms with van der Waals surface area (Å²) >= 11 is 0. The topological polar surface area (TPSA) is 121 Å². The fourth-order valence-electron chi connectivity index (χ4n) is 3.09. The summed E-state index contributed by atoms with van der Waals surface area (Å²) in [6.07, 6.45) is -3.05. The molecule has 0 aromatic rings. The van der Waals surface area contributed by atoms with E-state index in [-0.39, 0.29) is 0 Å². The fraction of sp³-hybridized carbons (Fsp3) is 0.929. The molecule has 3 saturated heterocycles. The average molecular weight is 343 g/mol. The van der Waals surface area contributed by atoms with Crippen LogP contribution in [-0.4, -0.2) is 61.4 Å². The van der Waals surface area contributed by atoms with E-state index in [2.05, 4.69) is 10.0 Å². The van der Waals surface area contributed by atoms with Crippen LogP contribution in [0, 0.1) is 0 Å².